The van der Waals surface area contributed by atoms with Crippen molar-refractivity contribution in [3.8, 4) is 5.75 Å². The van der Waals surface area contributed by atoms with Gasteiger partial charge in [0.1, 0.15) is 17.4 Å². The normalized spacial score (nSPS) is 12.0. The van der Waals surface area contributed by atoms with Crippen molar-refractivity contribution in [1.82, 2.24) is 20.3 Å². The number of imidazole rings is 1. The number of aromatic nitrogens is 3. The molecule has 36 heavy (non-hydrogen) atoms. The van der Waals surface area contributed by atoms with E-state index in [2.05, 4.69) is 20.3 Å². The molecule has 3 rings (SSSR count). The Kier molecular flexibility index (Phi) is 9.67. The Morgan fingerprint density at radius 2 is 1.94 bits per heavy atom. The van der Waals surface area contributed by atoms with Crippen LogP contribution in [0, 0.1) is 6.92 Å². The zero-order valence-corrected chi connectivity index (χ0v) is 21.3. The van der Waals surface area contributed by atoms with Gasteiger partial charge < -0.3 is 25.1 Å². The zero-order valence-electron chi connectivity index (χ0n) is 21.3. The van der Waals surface area contributed by atoms with Crippen LogP contribution in [0.4, 0.5) is 0 Å². The molecule has 0 aliphatic rings. The number of nitrogens with zero attached hydrogens (tertiary/aromatic N) is 1. The lowest BCUT2D eigenvalue weighted by molar-refractivity contribution is -0.137. The third-order valence-electron chi connectivity index (χ3n) is 6.43. The minimum absolute atomic E-state index is 0.00736. The highest BCUT2D eigenvalue weighted by molar-refractivity contribution is 5.91. The summed E-state index contributed by atoms with van der Waals surface area (Å²) in [6.45, 7) is 3.82. The highest BCUT2D eigenvalue weighted by Crippen LogP contribution is 2.27. The molecule has 0 spiro atoms. The van der Waals surface area contributed by atoms with E-state index in [1.807, 2.05) is 32.0 Å². The van der Waals surface area contributed by atoms with Crippen LogP contribution >= 0.6 is 0 Å². The van der Waals surface area contributed by atoms with E-state index in [1.54, 1.807) is 13.3 Å². The molecule has 9 heteroatoms. The van der Waals surface area contributed by atoms with Gasteiger partial charge in [-0.1, -0.05) is 19.8 Å². The minimum atomic E-state index is -0.872. The van der Waals surface area contributed by atoms with Crippen molar-refractivity contribution in [2.75, 3.05) is 7.11 Å². The molecule has 1 atom stereocenters. The van der Waals surface area contributed by atoms with Crippen molar-refractivity contribution in [3.63, 3.8) is 0 Å². The van der Waals surface area contributed by atoms with Gasteiger partial charge in [0.25, 0.3) is 0 Å². The molecular formula is C27H36N4O5. The number of hydrogen-bond donors (Lipinski definition) is 4. The number of aromatic amines is 2. The summed E-state index contributed by atoms with van der Waals surface area (Å²) >= 11 is 0. The number of ether oxygens (including phenoxy) is 1. The third-order valence-corrected chi connectivity index (χ3v) is 6.43. The average Bonchev–Trinajstić information content (AvgIpc) is 3.45. The number of benzene rings is 1. The van der Waals surface area contributed by atoms with Gasteiger partial charge in [0.2, 0.25) is 5.91 Å². The maximum atomic E-state index is 13.2. The van der Waals surface area contributed by atoms with Crippen LogP contribution in [0.15, 0.2) is 24.4 Å². The van der Waals surface area contributed by atoms with Gasteiger partial charge in [0.05, 0.1) is 26.0 Å². The lowest BCUT2D eigenvalue weighted by atomic mass is 10.0. The van der Waals surface area contributed by atoms with Gasteiger partial charge in [0, 0.05) is 41.3 Å². The first-order valence-electron chi connectivity index (χ1n) is 12.5. The van der Waals surface area contributed by atoms with Crippen LogP contribution in [-0.4, -0.2) is 44.8 Å². The van der Waals surface area contributed by atoms with E-state index < -0.39 is 5.97 Å². The Hall–Kier alpha value is -3.62. The number of methoxy groups -OCH3 is 1. The Morgan fingerprint density at radius 1 is 1.14 bits per heavy atom. The number of carbonyl (C=O) groups excluding carboxylic acids is 2. The van der Waals surface area contributed by atoms with Gasteiger partial charge in [-0.3, -0.25) is 14.4 Å². The Balaban J connectivity index is 1.70. The number of hydrogen-bond acceptors (Lipinski definition) is 5. The summed E-state index contributed by atoms with van der Waals surface area (Å²) in [4.78, 5) is 46.6. The summed E-state index contributed by atoms with van der Waals surface area (Å²) in [5.41, 5.74) is 3.52. The number of aliphatic carboxylic acids is 1. The fourth-order valence-corrected chi connectivity index (χ4v) is 4.35. The molecule has 0 bridgehead atoms. The Morgan fingerprint density at radius 3 is 2.67 bits per heavy atom. The number of Topliss-reactive ketones (excluding diaryl/α,β-unsaturated/α-hetero) is 1. The summed E-state index contributed by atoms with van der Waals surface area (Å²) in [6, 6.07) is 5.41. The molecular weight excluding hydrogens is 460 g/mol. The number of unbranched alkanes of at least 4 members (excludes halogenated alkanes) is 2. The third kappa shape index (κ3) is 7.44. The van der Waals surface area contributed by atoms with Crippen LogP contribution in [0.2, 0.25) is 0 Å². The van der Waals surface area contributed by atoms with Crippen molar-refractivity contribution < 1.29 is 24.2 Å². The molecule has 194 valence electrons. The summed E-state index contributed by atoms with van der Waals surface area (Å²) in [5.74, 6) is 0.609. The topological polar surface area (TPSA) is 137 Å². The lowest BCUT2D eigenvalue weighted by Gasteiger charge is -2.17. The monoisotopic (exact) mass is 496 g/mol. The summed E-state index contributed by atoms with van der Waals surface area (Å²) in [6.07, 6.45) is 6.53. The number of aryl methyl sites for hydroxylation is 2. The highest BCUT2D eigenvalue weighted by atomic mass is 16.5. The number of fused-ring (bicyclic) bond motifs is 1. The Labute approximate surface area is 211 Å². The minimum Gasteiger partial charge on any atom is -0.497 e. The quantitative estimate of drug-likeness (QED) is 0.228. The average molecular weight is 497 g/mol. The number of carbonyl (C=O) groups is 3. The van der Waals surface area contributed by atoms with Gasteiger partial charge in [0.15, 0.2) is 0 Å². The summed E-state index contributed by atoms with van der Waals surface area (Å²) in [5, 5.41) is 13.0. The van der Waals surface area contributed by atoms with E-state index in [-0.39, 0.29) is 30.6 Å². The van der Waals surface area contributed by atoms with Gasteiger partial charge in [-0.25, -0.2) is 4.98 Å². The first kappa shape index (κ1) is 27.0. The molecule has 0 radical (unpaired) electrons. The van der Waals surface area contributed by atoms with E-state index in [1.165, 1.54) is 0 Å². The molecule has 0 unspecified atom stereocenters. The number of amides is 1. The Bertz CT molecular complexity index is 1200. The highest BCUT2D eigenvalue weighted by Gasteiger charge is 2.20. The van der Waals surface area contributed by atoms with Crippen LogP contribution in [0.5, 0.6) is 5.75 Å². The zero-order chi connectivity index (χ0) is 26.1. The van der Waals surface area contributed by atoms with Crippen molar-refractivity contribution in [2.24, 2.45) is 0 Å². The van der Waals surface area contributed by atoms with E-state index in [0.717, 1.165) is 52.9 Å². The molecule has 1 aromatic carbocycles. The molecule has 0 saturated heterocycles. The van der Waals surface area contributed by atoms with Gasteiger partial charge in [-0.15, -0.1) is 0 Å². The first-order chi connectivity index (χ1) is 17.3. The maximum Gasteiger partial charge on any atom is 0.303 e. The van der Waals surface area contributed by atoms with Crippen LogP contribution < -0.4 is 10.1 Å². The fraction of sp³-hybridized carbons (Fsp3) is 0.481. The second-order valence-electron chi connectivity index (χ2n) is 9.12. The van der Waals surface area contributed by atoms with Crippen LogP contribution in [0.25, 0.3) is 10.9 Å². The number of H-pyrrole nitrogens is 2. The second-order valence-corrected chi connectivity index (χ2v) is 9.12. The van der Waals surface area contributed by atoms with Crippen molar-refractivity contribution in [3.05, 3.63) is 47.2 Å². The molecule has 0 aliphatic heterocycles. The molecule has 2 heterocycles. The predicted octanol–water partition coefficient (Wildman–Crippen LogP) is 4.55. The van der Waals surface area contributed by atoms with Crippen molar-refractivity contribution >= 4 is 28.6 Å². The van der Waals surface area contributed by atoms with E-state index in [4.69, 9.17) is 9.84 Å². The van der Waals surface area contributed by atoms with E-state index >= 15 is 0 Å². The molecule has 2 aromatic heterocycles. The molecule has 4 N–H and O–H groups in total. The van der Waals surface area contributed by atoms with Crippen LogP contribution in [0.1, 0.15) is 80.7 Å². The molecule has 0 saturated carbocycles. The maximum absolute atomic E-state index is 13.2. The van der Waals surface area contributed by atoms with Gasteiger partial charge >= 0.3 is 5.97 Å². The van der Waals surface area contributed by atoms with Gasteiger partial charge in [-0.05, 0) is 49.9 Å². The van der Waals surface area contributed by atoms with E-state index in [9.17, 15) is 14.4 Å². The number of nitrogens with one attached hydrogen (secondary N) is 3. The molecule has 0 fully saturated rings. The fourth-order valence-electron chi connectivity index (χ4n) is 4.35. The number of rotatable bonds is 15. The SMILES string of the molecule is CCC(=O)CCCCC[C@H](NC(=O)Cc1c(C)[nH]c2ccc(OC)cc12)c1ncc(CCC(=O)O)[nH]1. The lowest BCUT2D eigenvalue weighted by Crippen LogP contribution is -2.30. The molecule has 1 amide bonds. The van der Waals surface area contributed by atoms with Crippen molar-refractivity contribution in [2.45, 2.75) is 77.7 Å². The van der Waals surface area contributed by atoms with Gasteiger partial charge in [-0.2, -0.15) is 0 Å². The first-order valence-corrected chi connectivity index (χ1v) is 12.5. The second kappa shape index (κ2) is 12.9. The number of carboxylic acid groups (broad SMARTS) is 1. The number of ketones is 1. The van der Waals surface area contributed by atoms with Crippen LogP contribution in [-0.2, 0) is 27.2 Å². The number of carboxylic acids is 1. The van der Waals surface area contributed by atoms with Crippen LogP contribution in [0.3, 0.4) is 0 Å². The smallest absolute Gasteiger partial charge is 0.303 e. The predicted molar refractivity (Wildman–Crippen MR) is 137 cm³/mol. The molecule has 9 nitrogen and oxygen atoms in total. The van der Waals surface area contributed by atoms with Crippen molar-refractivity contribution in [1.29, 1.82) is 0 Å². The van der Waals surface area contributed by atoms with E-state index in [0.29, 0.717) is 31.5 Å². The summed E-state index contributed by atoms with van der Waals surface area (Å²) in [7, 11) is 1.61. The largest absolute Gasteiger partial charge is 0.497 e. The summed E-state index contributed by atoms with van der Waals surface area (Å²) < 4.78 is 5.35. The standard InChI is InChI=1S/C27H36N4O5/c1-4-19(32)8-6-5-7-9-24(27-28-16-18(30-27)10-13-26(34)35)31-25(33)15-21-17(2)29-23-12-11-20(36-3)14-22(21)23/h11-12,14,16,24,29H,4-10,13,15H2,1-3H3,(H,28,30)(H,31,33)(H,34,35)/t24-/m0/s1. The molecule has 0 aliphatic carbocycles. The molecule has 3 aromatic rings.